The third-order valence-electron chi connectivity index (χ3n) is 9.76. The second-order valence-electron chi connectivity index (χ2n) is 12.8. The van der Waals surface area contributed by atoms with Crippen LogP contribution in [-0.4, -0.2) is 15.0 Å². The van der Waals surface area contributed by atoms with Crippen LogP contribution >= 0.6 is 11.3 Å². The van der Waals surface area contributed by atoms with Crippen molar-refractivity contribution in [3.05, 3.63) is 152 Å². The highest BCUT2D eigenvalue weighted by Gasteiger charge is 2.19. The van der Waals surface area contributed by atoms with Crippen LogP contribution in [0.25, 0.3) is 109 Å². The molecule has 5 nitrogen and oxygen atoms in total. The van der Waals surface area contributed by atoms with Gasteiger partial charge in [0.2, 0.25) is 0 Å². The molecule has 0 unspecified atom stereocenters. The smallest absolute Gasteiger partial charge is 0.167 e. The van der Waals surface area contributed by atoms with E-state index in [1.54, 1.807) is 0 Å². The van der Waals surface area contributed by atoms with Crippen LogP contribution in [0.1, 0.15) is 0 Å². The van der Waals surface area contributed by atoms with Crippen molar-refractivity contribution in [2.45, 2.75) is 0 Å². The fourth-order valence-corrected chi connectivity index (χ4v) is 8.56. The lowest BCUT2D eigenvalue weighted by molar-refractivity contribution is 0.668. The largest absolute Gasteiger partial charge is 0.456 e. The Kier molecular flexibility index (Phi) is 6.05. The predicted molar refractivity (Wildman–Crippen MR) is 209 cm³/mol. The Morgan fingerprint density at radius 3 is 1.94 bits per heavy atom. The Balaban J connectivity index is 1.06. The first kappa shape index (κ1) is 28.2. The van der Waals surface area contributed by atoms with Gasteiger partial charge in [-0.25, -0.2) is 15.0 Å². The maximum atomic E-state index is 6.48. The van der Waals surface area contributed by atoms with Crippen molar-refractivity contribution in [3.63, 3.8) is 0 Å². The minimum Gasteiger partial charge on any atom is -0.456 e. The Labute approximate surface area is 295 Å². The molecule has 7 aromatic carbocycles. The molecule has 4 heterocycles. The molecule has 0 fully saturated rings. The number of fused-ring (bicyclic) bond motifs is 9. The first-order valence-corrected chi connectivity index (χ1v) is 17.7. The molecule has 0 aliphatic rings. The van der Waals surface area contributed by atoms with Crippen LogP contribution in [0.4, 0.5) is 0 Å². The molecule has 0 amide bonds. The lowest BCUT2D eigenvalue weighted by Crippen LogP contribution is -2.00. The first-order chi connectivity index (χ1) is 25.2. The summed E-state index contributed by atoms with van der Waals surface area (Å²) in [7, 11) is 0. The number of aromatic nitrogens is 3. The summed E-state index contributed by atoms with van der Waals surface area (Å²) in [4.78, 5) is 15.0. The lowest BCUT2D eigenvalue weighted by Gasteiger charge is -2.09. The molecule has 51 heavy (non-hydrogen) atoms. The van der Waals surface area contributed by atoms with E-state index in [1.165, 1.54) is 31.3 Å². The highest BCUT2D eigenvalue weighted by molar-refractivity contribution is 7.26. The van der Waals surface area contributed by atoms with Gasteiger partial charge in [-0.3, -0.25) is 0 Å². The van der Waals surface area contributed by atoms with E-state index in [1.807, 2.05) is 78.1 Å². The number of benzene rings is 7. The fourth-order valence-electron chi connectivity index (χ4n) is 7.32. The minimum absolute atomic E-state index is 0.549. The molecule has 11 rings (SSSR count). The van der Waals surface area contributed by atoms with Gasteiger partial charge < -0.3 is 8.83 Å². The van der Waals surface area contributed by atoms with Crippen LogP contribution < -0.4 is 0 Å². The van der Waals surface area contributed by atoms with Crippen molar-refractivity contribution in [1.82, 2.24) is 15.0 Å². The molecule has 4 aromatic heterocycles. The molecule has 0 saturated heterocycles. The molecule has 11 aromatic rings. The Morgan fingerprint density at radius 1 is 0.373 bits per heavy atom. The van der Waals surface area contributed by atoms with E-state index >= 15 is 0 Å². The maximum absolute atomic E-state index is 6.48. The number of nitrogens with zero attached hydrogens (tertiary/aromatic N) is 3. The maximum Gasteiger partial charge on any atom is 0.167 e. The average Bonchev–Trinajstić information content (AvgIpc) is 3.88. The molecule has 0 bridgehead atoms. The highest BCUT2D eigenvalue weighted by atomic mass is 32.1. The van der Waals surface area contributed by atoms with Gasteiger partial charge in [0.1, 0.15) is 22.3 Å². The van der Waals surface area contributed by atoms with E-state index in [4.69, 9.17) is 23.8 Å². The molecule has 0 spiro atoms. The number of para-hydroxylation sites is 2. The second-order valence-corrected chi connectivity index (χ2v) is 13.8. The summed E-state index contributed by atoms with van der Waals surface area (Å²) >= 11 is 1.85. The van der Waals surface area contributed by atoms with Gasteiger partial charge in [0.25, 0.3) is 0 Å². The molecular weight excluding hydrogens is 647 g/mol. The topological polar surface area (TPSA) is 65.0 Å². The van der Waals surface area contributed by atoms with Crippen LogP contribution in [0.15, 0.2) is 160 Å². The minimum atomic E-state index is 0.549. The standard InChI is InChI=1S/C45H25N3O2S/c1-2-10-26(11-3-1)43-46-44(48-45(47-43)35-17-9-15-33-30-12-4-6-18-37(30)50-41(33)35)28-20-22-31-36-24-27(21-23-38(36)49-39(31)25-28)29-14-8-16-34-32-13-5-7-19-40(32)51-42(29)34/h1-25H. The van der Waals surface area contributed by atoms with Crippen molar-refractivity contribution in [3.8, 4) is 45.3 Å². The molecule has 6 heteroatoms. The van der Waals surface area contributed by atoms with Crippen LogP contribution in [0.2, 0.25) is 0 Å². The number of thiophene rings is 1. The van der Waals surface area contributed by atoms with Crippen molar-refractivity contribution in [2.24, 2.45) is 0 Å². The van der Waals surface area contributed by atoms with Gasteiger partial charge in [-0.2, -0.15) is 0 Å². The summed E-state index contributed by atoms with van der Waals surface area (Å²) in [6.07, 6.45) is 0. The Bertz CT molecular complexity index is 3160. The summed E-state index contributed by atoms with van der Waals surface area (Å²) in [6.45, 7) is 0. The number of rotatable bonds is 4. The fraction of sp³-hybridized carbons (Fsp3) is 0. The highest BCUT2D eigenvalue weighted by Crippen LogP contribution is 2.42. The van der Waals surface area contributed by atoms with Crippen molar-refractivity contribution < 1.29 is 8.83 Å². The third-order valence-corrected chi connectivity index (χ3v) is 11.0. The zero-order chi connectivity index (χ0) is 33.5. The SMILES string of the molecule is c1ccc(-c2nc(-c3ccc4c(c3)oc3ccc(-c5cccc6c5sc5ccccc56)cc34)nc(-c3cccc4c3oc3ccccc34)n2)cc1. The predicted octanol–water partition coefficient (Wildman–Crippen LogP) is 12.7. The van der Waals surface area contributed by atoms with E-state index in [2.05, 4.69) is 84.9 Å². The summed E-state index contributed by atoms with van der Waals surface area (Å²) in [6, 6.07) is 52.2. The van der Waals surface area contributed by atoms with E-state index in [0.717, 1.165) is 60.6 Å². The molecule has 0 aliphatic carbocycles. The molecular formula is C45H25N3O2S. The lowest BCUT2D eigenvalue weighted by atomic mass is 10.0. The molecule has 0 radical (unpaired) electrons. The van der Waals surface area contributed by atoms with Crippen molar-refractivity contribution in [2.75, 3.05) is 0 Å². The van der Waals surface area contributed by atoms with E-state index in [-0.39, 0.29) is 0 Å². The zero-order valence-electron chi connectivity index (χ0n) is 27.0. The quantitative estimate of drug-likeness (QED) is 0.186. The zero-order valence-corrected chi connectivity index (χ0v) is 27.8. The third kappa shape index (κ3) is 4.43. The van der Waals surface area contributed by atoms with E-state index in [0.29, 0.717) is 17.5 Å². The number of hydrogen-bond donors (Lipinski definition) is 0. The van der Waals surface area contributed by atoms with Gasteiger partial charge >= 0.3 is 0 Å². The first-order valence-electron chi connectivity index (χ1n) is 16.8. The van der Waals surface area contributed by atoms with Crippen LogP contribution in [-0.2, 0) is 0 Å². The molecule has 238 valence electrons. The normalized spacial score (nSPS) is 11.9. The Hall–Kier alpha value is -6.63. The van der Waals surface area contributed by atoms with Crippen molar-refractivity contribution >= 4 is 75.4 Å². The van der Waals surface area contributed by atoms with Gasteiger partial charge in [0, 0.05) is 52.8 Å². The van der Waals surface area contributed by atoms with E-state index < -0.39 is 0 Å². The van der Waals surface area contributed by atoms with Crippen LogP contribution in [0.5, 0.6) is 0 Å². The summed E-state index contributed by atoms with van der Waals surface area (Å²) in [5, 5.41) is 6.79. The van der Waals surface area contributed by atoms with Crippen LogP contribution in [0, 0.1) is 0 Å². The van der Waals surface area contributed by atoms with Gasteiger partial charge in [0.05, 0.1) is 5.56 Å². The summed E-state index contributed by atoms with van der Waals surface area (Å²) < 4.78 is 15.5. The summed E-state index contributed by atoms with van der Waals surface area (Å²) in [5.41, 5.74) is 8.17. The van der Waals surface area contributed by atoms with Gasteiger partial charge in [0.15, 0.2) is 17.5 Å². The molecule has 0 saturated carbocycles. The number of hydrogen-bond acceptors (Lipinski definition) is 6. The number of furan rings is 2. The van der Waals surface area contributed by atoms with Gasteiger partial charge in [-0.05, 0) is 53.6 Å². The molecule has 0 atom stereocenters. The monoisotopic (exact) mass is 671 g/mol. The average molecular weight is 672 g/mol. The van der Waals surface area contributed by atoms with E-state index in [9.17, 15) is 0 Å². The van der Waals surface area contributed by atoms with Crippen LogP contribution in [0.3, 0.4) is 0 Å². The van der Waals surface area contributed by atoms with Crippen molar-refractivity contribution in [1.29, 1.82) is 0 Å². The molecule has 0 N–H and O–H groups in total. The second kappa shape index (κ2) is 10.9. The molecule has 0 aliphatic heterocycles. The summed E-state index contributed by atoms with van der Waals surface area (Å²) in [5.74, 6) is 1.70. The van der Waals surface area contributed by atoms with Gasteiger partial charge in [-0.15, -0.1) is 11.3 Å². The van der Waals surface area contributed by atoms with Gasteiger partial charge in [-0.1, -0.05) is 109 Å². The Morgan fingerprint density at radius 2 is 1.04 bits per heavy atom.